The van der Waals surface area contributed by atoms with E-state index < -0.39 is 5.82 Å². The summed E-state index contributed by atoms with van der Waals surface area (Å²) >= 11 is 5.99. The van der Waals surface area contributed by atoms with Crippen LogP contribution in [0, 0.1) is 11.7 Å². The van der Waals surface area contributed by atoms with Gasteiger partial charge in [-0.05, 0) is 24.1 Å². The minimum Gasteiger partial charge on any atom is -0.351 e. The average molecular weight is 244 g/mol. The van der Waals surface area contributed by atoms with Crippen molar-refractivity contribution >= 4 is 17.5 Å². The number of amides is 1. The lowest BCUT2D eigenvalue weighted by molar-refractivity contribution is 0.0952. The Bertz CT molecular complexity index is 368. The van der Waals surface area contributed by atoms with Gasteiger partial charge in [0.25, 0.3) is 5.91 Å². The Hall–Kier alpha value is -1.09. The van der Waals surface area contributed by atoms with Crippen LogP contribution in [0.2, 0.25) is 0 Å². The molecule has 0 aromatic heterocycles. The SMILES string of the molecule is CC(C)C(Cl)CNC(=O)c1cccc(F)c1. The first-order valence-electron chi connectivity index (χ1n) is 5.18. The second kappa shape index (κ2) is 5.85. The largest absolute Gasteiger partial charge is 0.351 e. The molecule has 1 aromatic carbocycles. The van der Waals surface area contributed by atoms with Gasteiger partial charge in [-0.25, -0.2) is 4.39 Å². The number of hydrogen-bond acceptors (Lipinski definition) is 1. The van der Waals surface area contributed by atoms with Gasteiger partial charge >= 0.3 is 0 Å². The average Bonchev–Trinajstić information content (AvgIpc) is 2.25. The number of carbonyl (C=O) groups excluding carboxylic acids is 1. The van der Waals surface area contributed by atoms with Gasteiger partial charge < -0.3 is 5.32 Å². The molecule has 1 unspecified atom stereocenters. The van der Waals surface area contributed by atoms with Crippen molar-refractivity contribution in [1.82, 2.24) is 5.32 Å². The Kier molecular flexibility index (Phi) is 4.74. The zero-order valence-electron chi connectivity index (χ0n) is 9.34. The number of benzene rings is 1. The summed E-state index contributed by atoms with van der Waals surface area (Å²) in [6.07, 6.45) is 0. The van der Waals surface area contributed by atoms with Crippen LogP contribution < -0.4 is 5.32 Å². The molecule has 0 radical (unpaired) electrons. The van der Waals surface area contributed by atoms with Crippen molar-refractivity contribution in [3.05, 3.63) is 35.6 Å². The molecule has 4 heteroatoms. The summed E-state index contributed by atoms with van der Waals surface area (Å²) in [5, 5.41) is 2.56. The highest BCUT2D eigenvalue weighted by molar-refractivity contribution is 6.21. The molecule has 1 amide bonds. The molecule has 0 saturated heterocycles. The second-order valence-corrected chi connectivity index (χ2v) is 4.54. The van der Waals surface area contributed by atoms with E-state index in [-0.39, 0.29) is 17.2 Å². The van der Waals surface area contributed by atoms with Crippen LogP contribution in [-0.4, -0.2) is 17.8 Å². The van der Waals surface area contributed by atoms with Crippen LogP contribution in [0.3, 0.4) is 0 Å². The molecule has 0 aliphatic heterocycles. The second-order valence-electron chi connectivity index (χ2n) is 3.98. The fourth-order valence-electron chi connectivity index (χ4n) is 1.16. The molecule has 0 aliphatic rings. The van der Waals surface area contributed by atoms with Crippen molar-refractivity contribution in [1.29, 1.82) is 0 Å². The molecule has 1 atom stereocenters. The monoisotopic (exact) mass is 243 g/mol. The normalized spacial score (nSPS) is 12.6. The van der Waals surface area contributed by atoms with Crippen molar-refractivity contribution in [2.24, 2.45) is 5.92 Å². The van der Waals surface area contributed by atoms with E-state index in [0.717, 1.165) is 0 Å². The Balaban J connectivity index is 2.53. The Morgan fingerprint density at radius 2 is 2.19 bits per heavy atom. The van der Waals surface area contributed by atoms with Crippen LogP contribution in [-0.2, 0) is 0 Å². The van der Waals surface area contributed by atoms with Crippen LogP contribution in [0.5, 0.6) is 0 Å². The van der Waals surface area contributed by atoms with E-state index in [9.17, 15) is 9.18 Å². The summed E-state index contributed by atoms with van der Waals surface area (Å²) < 4.78 is 12.8. The van der Waals surface area contributed by atoms with Crippen molar-refractivity contribution in [2.75, 3.05) is 6.54 Å². The Morgan fingerprint density at radius 3 is 2.75 bits per heavy atom. The van der Waals surface area contributed by atoms with E-state index in [1.54, 1.807) is 6.07 Å². The van der Waals surface area contributed by atoms with Gasteiger partial charge in [-0.1, -0.05) is 19.9 Å². The van der Waals surface area contributed by atoms with Crippen LogP contribution in [0.4, 0.5) is 4.39 Å². The molecule has 0 heterocycles. The zero-order valence-corrected chi connectivity index (χ0v) is 10.1. The molecular formula is C12H15ClFNO. The quantitative estimate of drug-likeness (QED) is 0.810. The summed E-state index contributed by atoms with van der Waals surface area (Å²) in [5.74, 6) is -0.431. The molecule has 0 saturated carbocycles. The maximum atomic E-state index is 12.8. The first kappa shape index (κ1) is 13.0. The fraction of sp³-hybridized carbons (Fsp3) is 0.417. The van der Waals surface area contributed by atoms with E-state index in [1.807, 2.05) is 13.8 Å². The van der Waals surface area contributed by atoms with Crippen LogP contribution in [0.15, 0.2) is 24.3 Å². The topological polar surface area (TPSA) is 29.1 Å². The van der Waals surface area contributed by atoms with E-state index in [2.05, 4.69) is 5.32 Å². The molecule has 0 fully saturated rings. The van der Waals surface area contributed by atoms with E-state index in [4.69, 9.17) is 11.6 Å². The summed E-state index contributed by atoms with van der Waals surface area (Å²) in [7, 11) is 0. The molecule has 0 bridgehead atoms. The van der Waals surface area contributed by atoms with Gasteiger partial charge in [0.05, 0.1) is 5.38 Å². The highest BCUT2D eigenvalue weighted by atomic mass is 35.5. The van der Waals surface area contributed by atoms with E-state index in [1.165, 1.54) is 18.2 Å². The summed E-state index contributed by atoms with van der Waals surface area (Å²) in [5.41, 5.74) is 0.313. The number of halogens is 2. The van der Waals surface area contributed by atoms with Crippen LogP contribution in [0.1, 0.15) is 24.2 Å². The predicted molar refractivity (Wildman–Crippen MR) is 63.2 cm³/mol. The highest BCUT2D eigenvalue weighted by Crippen LogP contribution is 2.08. The fourth-order valence-corrected chi connectivity index (χ4v) is 1.23. The zero-order chi connectivity index (χ0) is 12.1. The first-order chi connectivity index (χ1) is 7.50. The minimum atomic E-state index is -0.418. The summed E-state index contributed by atoms with van der Waals surface area (Å²) in [6, 6.07) is 5.57. The molecule has 2 nitrogen and oxygen atoms in total. The maximum Gasteiger partial charge on any atom is 0.251 e. The van der Waals surface area contributed by atoms with E-state index >= 15 is 0 Å². The summed E-state index contributed by atoms with van der Waals surface area (Å²) in [4.78, 5) is 11.6. The maximum absolute atomic E-state index is 12.8. The van der Waals surface area contributed by atoms with Crippen molar-refractivity contribution < 1.29 is 9.18 Å². The summed E-state index contributed by atoms with van der Waals surface area (Å²) in [6.45, 7) is 4.34. The lowest BCUT2D eigenvalue weighted by Crippen LogP contribution is -2.31. The number of nitrogens with one attached hydrogen (secondary N) is 1. The lowest BCUT2D eigenvalue weighted by Gasteiger charge is -2.13. The highest BCUT2D eigenvalue weighted by Gasteiger charge is 2.12. The molecule has 1 aromatic rings. The van der Waals surface area contributed by atoms with Gasteiger partial charge in [-0.15, -0.1) is 11.6 Å². The standard InChI is InChI=1S/C12H15ClFNO/c1-8(2)11(13)7-15-12(16)9-4-3-5-10(14)6-9/h3-6,8,11H,7H2,1-2H3,(H,15,16). The van der Waals surface area contributed by atoms with Gasteiger partial charge in [0, 0.05) is 12.1 Å². The molecule has 1 N–H and O–H groups in total. The van der Waals surface area contributed by atoms with Gasteiger partial charge in [0.15, 0.2) is 0 Å². The van der Waals surface area contributed by atoms with E-state index in [0.29, 0.717) is 12.1 Å². The molecule has 16 heavy (non-hydrogen) atoms. The van der Waals surface area contributed by atoms with Gasteiger partial charge in [0.2, 0.25) is 0 Å². The third-order valence-corrected chi connectivity index (χ3v) is 2.93. The smallest absolute Gasteiger partial charge is 0.251 e. The Labute approximate surface area is 99.8 Å². The van der Waals surface area contributed by atoms with Crippen LogP contribution in [0.25, 0.3) is 0 Å². The third kappa shape index (κ3) is 3.81. The predicted octanol–water partition coefficient (Wildman–Crippen LogP) is 2.82. The molecule has 88 valence electrons. The number of carbonyl (C=O) groups is 1. The molecule has 1 rings (SSSR count). The van der Waals surface area contributed by atoms with Crippen LogP contribution >= 0.6 is 11.6 Å². The molecular weight excluding hydrogens is 229 g/mol. The van der Waals surface area contributed by atoms with Gasteiger partial charge in [0.1, 0.15) is 5.82 Å². The Morgan fingerprint density at radius 1 is 1.50 bits per heavy atom. The molecule has 0 spiro atoms. The number of alkyl halides is 1. The van der Waals surface area contributed by atoms with Crippen molar-refractivity contribution in [3.8, 4) is 0 Å². The first-order valence-corrected chi connectivity index (χ1v) is 5.62. The number of hydrogen-bond donors (Lipinski definition) is 1. The lowest BCUT2D eigenvalue weighted by atomic mass is 10.1. The van der Waals surface area contributed by atoms with Gasteiger partial charge in [-0.3, -0.25) is 4.79 Å². The van der Waals surface area contributed by atoms with Gasteiger partial charge in [-0.2, -0.15) is 0 Å². The van der Waals surface area contributed by atoms with Crippen molar-refractivity contribution in [2.45, 2.75) is 19.2 Å². The molecule has 0 aliphatic carbocycles. The van der Waals surface area contributed by atoms with Crippen molar-refractivity contribution in [3.63, 3.8) is 0 Å². The number of rotatable bonds is 4. The third-order valence-electron chi connectivity index (χ3n) is 2.27. The minimum absolute atomic E-state index is 0.113.